The lowest BCUT2D eigenvalue weighted by Gasteiger charge is -2.38. The summed E-state index contributed by atoms with van der Waals surface area (Å²) in [5.74, 6) is -6.49. The summed E-state index contributed by atoms with van der Waals surface area (Å²) in [6.45, 7) is 0.864. The van der Waals surface area contributed by atoms with E-state index in [0.717, 1.165) is 12.1 Å². The number of nitrogens with zero attached hydrogens (tertiary/aromatic N) is 3. The Labute approximate surface area is 243 Å². The van der Waals surface area contributed by atoms with Gasteiger partial charge < -0.3 is 11.1 Å². The highest BCUT2D eigenvalue weighted by atomic mass is 35.5. The highest BCUT2D eigenvalue weighted by Gasteiger charge is 2.52. The van der Waals surface area contributed by atoms with Crippen molar-refractivity contribution in [2.45, 2.75) is 37.3 Å². The normalized spacial score (nSPS) is 20.3. The zero-order valence-electron chi connectivity index (χ0n) is 20.5. The quantitative estimate of drug-likeness (QED) is 0.364. The van der Waals surface area contributed by atoms with Crippen molar-refractivity contribution in [3.05, 3.63) is 68.2 Å². The van der Waals surface area contributed by atoms with E-state index in [1.165, 1.54) is 30.0 Å². The molecule has 2 aromatic rings. The van der Waals surface area contributed by atoms with Gasteiger partial charge in [-0.1, -0.05) is 47.0 Å². The fourth-order valence-corrected chi connectivity index (χ4v) is 6.07. The number of rotatable bonds is 8. The Morgan fingerprint density at radius 3 is 2.25 bits per heavy atom. The minimum Gasteiger partial charge on any atom is -0.369 e. The Morgan fingerprint density at radius 1 is 1.15 bits per heavy atom. The van der Waals surface area contributed by atoms with E-state index in [4.69, 9.17) is 40.5 Å². The van der Waals surface area contributed by atoms with Gasteiger partial charge in [0.25, 0.3) is 5.82 Å². The molecule has 1 aliphatic rings. The van der Waals surface area contributed by atoms with Gasteiger partial charge in [-0.3, -0.25) is 9.59 Å². The molecule has 0 saturated carbocycles. The molecule has 3 rings (SSSR count). The number of carbonyl (C=O) groups is 2. The van der Waals surface area contributed by atoms with E-state index < -0.39 is 53.7 Å². The molecule has 2 amide bonds. The zero-order valence-corrected chi connectivity index (χ0v) is 23.6. The van der Waals surface area contributed by atoms with E-state index in [1.54, 1.807) is 6.92 Å². The summed E-state index contributed by atoms with van der Waals surface area (Å²) in [5, 5.41) is 5.02. The third-order valence-corrected chi connectivity index (χ3v) is 7.62. The molecule has 0 fully saturated rings. The molecule has 2 unspecified atom stereocenters. The van der Waals surface area contributed by atoms with Gasteiger partial charge in [-0.15, -0.1) is 5.10 Å². The van der Waals surface area contributed by atoms with Gasteiger partial charge in [0, 0.05) is 32.4 Å². The molecule has 0 spiro atoms. The van der Waals surface area contributed by atoms with Gasteiger partial charge >= 0.3 is 12.4 Å². The van der Waals surface area contributed by atoms with Crippen LogP contribution in [0.2, 0.25) is 10.0 Å². The lowest BCUT2D eigenvalue weighted by Crippen LogP contribution is -2.54. The smallest absolute Gasteiger partial charge is 0.369 e. The Balaban J connectivity index is 2.12. The van der Waals surface area contributed by atoms with Crippen molar-refractivity contribution in [2.75, 3.05) is 12.0 Å². The van der Waals surface area contributed by atoms with Crippen molar-refractivity contribution in [1.29, 1.82) is 0 Å². The van der Waals surface area contributed by atoms with Gasteiger partial charge in [0.2, 0.25) is 17.6 Å². The molecule has 1 aliphatic carbocycles. The van der Waals surface area contributed by atoms with Crippen LogP contribution in [0.15, 0.2) is 35.4 Å². The van der Waals surface area contributed by atoms with E-state index in [0.29, 0.717) is 5.75 Å². The second kappa shape index (κ2) is 11.8. The van der Waals surface area contributed by atoms with Crippen molar-refractivity contribution in [3.63, 3.8) is 0 Å². The van der Waals surface area contributed by atoms with Crippen molar-refractivity contribution in [2.24, 2.45) is 11.7 Å². The number of hydrogen-bond donors (Lipinski definition) is 2. The fraction of sp³-hybridized carbons (Fsp3) is 0.391. The van der Waals surface area contributed by atoms with Crippen LogP contribution in [0.3, 0.4) is 0 Å². The molecule has 3 N–H and O–H groups in total. The standard InChI is InChI=1S/C23H20Cl3F6N5O2S/c1-10(9-40-2)34-17(38)16-12(24)4-3-5-21(16,18(33)39)15-13(25)6-11(7-14(15)26)8-37-20(23(30,31)32)35-19(36-37)22(27,28)29/h3-7,10,16H,8-9H2,1-2H3,(H2,33,39)(H,34,38)/t10-,16?,21?/m0/s1. The molecule has 3 atom stereocenters. The van der Waals surface area contributed by atoms with Gasteiger partial charge in [-0.25, -0.2) is 4.68 Å². The van der Waals surface area contributed by atoms with Crippen LogP contribution in [0.5, 0.6) is 0 Å². The van der Waals surface area contributed by atoms with Crippen LogP contribution < -0.4 is 11.1 Å². The Hall–Kier alpha value is -2.42. The van der Waals surface area contributed by atoms with Crippen LogP contribution in [0.4, 0.5) is 26.3 Å². The molecule has 218 valence electrons. The largest absolute Gasteiger partial charge is 0.453 e. The molecular weight excluding hydrogens is 631 g/mol. The number of nitrogens with two attached hydrogens (primary N) is 1. The first-order chi connectivity index (χ1) is 18.4. The van der Waals surface area contributed by atoms with Gasteiger partial charge in [-0.2, -0.15) is 43.1 Å². The molecule has 1 aromatic carbocycles. The number of benzene rings is 1. The number of hydrogen-bond acceptors (Lipinski definition) is 5. The van der Waals surface area contributed by atoms with Crippen LogP contribution >= 0.6 is 46.6 Å². The zero-order chi connectivity index (χ0) is 30.2. The molecule has 0 bridgehead atoms. The maximum absolute atomic E-state index is 13.4. The maximum atomic E-state index is 13.4. The highest BCUT2D eigenvalue weighted by Crippen LogP contribution is 2.48. The van der Waals surface area contributed by atoms with Gasteiger partial charge in [0.15, 0.2) is 0 Å². The minimum absolute atomic E-state index is 0.0117. The van der Waals surface area contributed by atoms with E-state index in [9.17, 15) is 35.9 Å². The molecule has 0 radical (unpaired) electrons. The number of halogens is 9. The summed E-state index contributed by atoms with van der Waals surface area (Å²) in [7, 11) is 0. The van der Waals surface area contributed by atoms with Gasteiger partial charge in [-0.05, 0) is 37.0 Å². The summed E-state index contributed by atoms with van der Waals surface area (Å²) < 4.78 is 79.3. The average molecular weight is 651 g/mol. The third kappa shape index (κ3) is 6.39. The molecule has 0 aliphatic heterocycles. The lowest BCUT2D eigenvalue weighted by atomic mass is 9.66. The second-order valence-corrected chi connectivity index (χ2v) is 11.0. The summed E-state index contributed by atoms with van der Waals surface area (Å²) in [6.07, 6.45) is -4.64. The molecule has 17 heteroatoms. The Kier molecular flexibility index (Phi) is 9.49. The number of alkyl halides is 6. The third-order valence-electron chi connectivity index (χ3n) is 5.85. The SMILES string of the molecule is CSC[C@H](C)NC(=O)C1C(Cl)=CC=CC1(C(N)=O)c1c(Cl)cc(Cn2nc(C(F)(F)F)nc2C(F)(F)F)cc1Cl. The molecule has 40 heavy (non-hydrogen) atoms. The summed E-state index contributed by atoms with van der Waals surface area (Å²) in [6, 6.07) is 1.82. The first-order valence-electron chi connectivity index (χ1n) is 11.1. The Bertz CT molecular complexity index is 1350. The Morgan fingerprint density at radius 2 is 1.75 bits per heavy atom. The van der Waals surface area contributed by atoms with E-state index in [-0.39, 0.29) is 36.9 Å². The number of thioether (sulfide) groups is 1. The van der Waals surface area contributed by atoms with E-state index in [1.807, 2.05) is 6.26 Å². The van der Waals surface area contributed by atoms with Gasteiger partial charge in [0.05, 0.1) is 12.5 Å². The number of primary amides is 1. The lowest BCUT2D eigenvalue weighted by molar-refractivity contribution is -0.150. The first-order valence-corrected chi connectivity index (χ1v) is 13.7. The van der Waals surface area contributed by atoms with Crippen LogP contribution in [0.1, 0.15) is 29.7 Å². The average Bonchev–Trinajstić information content (AvgIpc) is 3.23. The first kappa shape index (κ1) is 32.1. The predicted octanol–water partition coefficient (Wildman–Crippen LogP) is 5.57. The van der Waals surface area contributed by atoms with Crippen LogP contribution in [0, 0.1) is 5.92 Å². The topological polar surface area (TPSA) is 103 Å². The van der Waals surface area contributed by atoms with Crippen molar-refractivity contribution >= 4 is 58.4 Å². The summed E-state index contributed by atoms with van der Waals surface area (Å²) >= 11 is 20.8. The van der Waals surface area contributed by atoms with E-state index >= 15 is 0 Å². The molecule has 1 heterocycles. The molecular formula is C23H20Cl3F6N5O2S. The van der Waals surface area contributed by atoms with Crippen LogP contribution in [-0.4, -0.2) is 44.6 Å². The highest BCUT2D eigenvalue weighted by molar-refractivity contribution is 7.98. The number of nitrogens with one attached hydrogen (secondary N) is 1. The maximum Gasteiger partial charge on any atom is 0.453 e. The minimum atomic E-state index is -5.26. The fourth-order valence-electron chi connectivity index (χ4n) is 4.29. The number of allylic oxidation sites excluding steroid dienone is 2. The number of carbonyl (C=O) groups excluding carboxylic acids is 2. The van der Waals surface area contributed by atoms with E-state index in [2.05, 4.69) is 15.4 Å². The number of aromatic nitrogens is 3. The second-order valence-electron chi connectivity index (χ2n) is 8.79. The van der Waals surface area contributed by atoms with Crippen molar-refractivity contribution < 1.29 is 35.9 Å². The number of amides is 2. The van der Waals surface area contributed by atoms with Crippen LogP contribution in [-0.2, 0) is 33.9 Å². The van der Waals surface area contributed by atoms with Crippen molar-refractivity contribution in [1.82, 2.24) is 20.1 Å². The van der Waals surface area contributed by atoms with Gasteiger partial charge in [0.1, 0.15) is 5.41 Å². The monoisotopic (exact) mass is 649 g/mol. The van der Waals surface area contributed by atoms with Crippen LogP contribution in [0.25, 0.3) is 0 Å². The molecule has 1 aromatic heterocycles. The molecule has 7 nitrogen and oxygen atoms in total. The summed E-state index contributed by atoms with van der Waals surface area (Å²) in [5.41, 5.74) is 3.49. The summed E-state index contributed by atoms with van der Waals surface area (Å²) in [4.78, 5) is 28.9. The molecule has 0 saturated heterocycles. The predicted molar refractivity (Wildman–Crippen MR) is 139 cm³/mol. The van der Waals surface area contributed by atoms with Crippen molar-refractivity contribution in [3.8, 4) is 0 Å².